The zero-order chi connectivity index (χ0) is 15.6. The van der Waals surface area contributed by atoms with Crippen molar-refractivity contribution in [1.82, 2.24) is 9.97 Å². The molecule has 21 heavy (non-hydrogen) atoms. The van der Waals surface area contributed by atoms with Crippen molar-refractivity contribution in [3.8, 4) is 0 Å². The van der Waals surface area contributed by atoms with Crippen LogP contribution in [0.25, 0.3) is 0 Å². The molecule has 0 fully saturated rings. The molecule has 2 rings (SSSR count). The number of nitrogen functional groups attached to an aromatic ring is 1. The van der Waals surface area contributed by atoms with E-state index in [4.69, 9.17) is 5.73 Å². The summed E-state index contributed by atoms with van der Waals surface area (Å²) in [6.45, 7) is 1.49. The number of nitro benzene ring substituents is 1. The van der Waals surface area contributed by atoms with Gasteiger partial charge in [-0.05, 0) is 18.6 Å². The molecule has 0 atom stereocenters. The van der Waals surface area contributed by atoms with Gasteiger partial charge in [-0.2, -0.15) is 0 Å². The van der Waals surface area contributed by atoms with E-state index in [2.05, 4.69) is 14.7 Å². The van der Waals surface area contributed by atoms with Crippen molar-refractivity contribution >= 4 is 27.2 Å². The van der Waals surface area contributed by atoms with Crippen molar-refractivity contribution in [3.63, 3.8) is 0 Å². The topological polar surface area (TPSA) is 141 Å². The van der Waals surface area contributed by atoms with Crippen molar-refractivity contribution in [3.05, 3.63) is 46.4 Å². The van der Waals surface area contributed by atoms with Crippen LogP contribution in [0.2, 0.25) is 0 Å². The Kier molecular flexibility index (Phi) is 3.72. The molecule has 1 heterocycles. The quantitative estimate of drug-likeness (QED) is 0.489. The average Bonchev–Trinajstić information content (AvgIpc) is 2.38. The maximum atomic E-state index is 12.3. The molecule has 2 aromatic rings. The summed E-state index contributed by atoms with van der Waals surface area (Å²) in [5.41, 5.74) is 5.22. The summed E-state index contributed by atoms with van der Waals surface area (Å²) in [7, 11) is -4.03. The fourth-order valence-corrected chi connectivity index (χ4v) is 2.93. The molecule has 1 aromatic carbocycles. The number of hydrogen-bond acceptors (Lipinski definition) is 7. The predicted octanol–water partition coefficient (Wildman–Crippen LogP) is 1.08. The largest absolute Gasteiger partial charge is 0.393 e. The van der Waals surface area contributed by atoms with Crippen molar-refractivity contribution in [1.29, 1.82) is 0 Å². The predicted molar refractivity (Wildman–Crippen MR) is 75.1 cm³/mol. The maximum Gasteiger partial charge on any atom is 0.293 e. The second-order valence-electron chi connectivity index (χ2n) is 4.13. The molecule has 0 unspecified atom stereocenters. The molecule has 0 aliphatic heterocycles. The first-order chi connectivity index (χ1) is 9.81. The van der Waals surface area contributed by atoms with Gasteiger partial charge >= 0.3 is 0 Å². The van der Waals surface area contributed by atoms with Crippen LogP contribution >= 0.6 is 0 Å². The second kappa shape index (κ2) is 5.32. The average molecular weight is 309 g/mol. The highest BCUT2D eigenvalue weighted by Gasteiger charge is 2.23. The molecule has 9 nitrogen and oxygen atoms in total. The molecular formula is C11H11N5O4S. The zero-order valence-electron chi connectivity index (χ0n) is 10.8. The molecule has 10 heteroatoms. The van der Waals surface area contributed by atoms with Gasteiger partial charge in [-0.15, -0.1) is 0 Å². The Morgan fingerprint density at radius 2 is 2.05 bits per heavy atom. The highest BCUT2D eigenvalue weighted by atomic mass is 32.2. The number of benzene rings is 1. The van der Waals surface area contributed by atoms with E-state index in [-0.39, 0.29) is 22.0 Å². The minimum Gasteiger partial charge on any atom is -0.393 e. The number of nitrogens with two attached hydrogens (primary N) is 1. The molecular weight excluding hydrogens is 298 g/mol. The number of hydrogen-bond donors (Lipinski definition) is 2. The first-order valence-corrected chi connectivity index (χ1v) is 7.13. The lowest BCUT2D eigenvalue weighted by Crippen LogP contribution is -2.16. The lowest BCUT2D eigenvalue weighted by atomic mass is 10.2. The van der Waals surface area contributed by atoms with Crippen molar-refractivity contribution < 1.29 is 13.3 Å². The fraction of sp³-hybridized carbons (Fsp3) is 0.0909. The van der Waals surface area contributed by atoms with Gasteiger partial charge in [-0.3, -0.25) is 19.8 Å². The Morgan fingerprint density at radius 1 is 1.33 bits per heavy atom. The van der Waals surface area contributed by atoms with E-state index in [1.54, 1.807) is 0 Å². The van der Waals surface area contributed by atoms with Crippen molar-refractivity contribution in [2.24, 2.45) is 0 Å². The van der Waals surface area contributed by atoms with Gasteiger partial charge in [0.25, 0.3) is 15.7 Å². The van der Waals surface area contributed by atoms with Crippen LogP contribution in [0.4, 0.5) is 17.2 Å². The van der Waals surface area contributed by atoms with Crippen LogP contribution in [0.5, 0.6) is 0 Å². The molecule has 0 amide bonds. The number of aryl methyl sites for hydroxylation is 1. The summed E-state index contributed by atoms with van der Waals surface area (Å²) in [6.07, 6.45) is 3.92. The van der Waals surface area contributed by atoms with Crippen LogP contribution in [0.15, 0.2) is 35.6 Å². The Hall–Kier alpha value is -2.75. The third-order valence-corrected chi connectivity index (χ3v) is 4.11. The third-order valence-electron chi connectivity index (χ3n) is 2.61. The molecule has 0 spiro atoms. The van der Waals surface area contributed by atoms with Crippen LogP contribution in [-0.2, 0) is 10.0 Å². The third kappa shape index (κ3) is 3.05. The number of anilines is 2. The monoisotopic (exact) mass is 309 g/mol. The van der Waals surface area contributed by atoms with Gasteiger partial charge in [0.1, 0.15) is 5.69 Å². The summed E-state index contributed by atoms with van der Waals surface area (Å²) >= 11 is 0. The van der Waals surface area contributed by atoms with Crippen LogP contribution < -0.4 is 10.5 Å². The van der Waals surface area contributed by atoms with Crippen molar-refractivity contribution in [2.45, 2.75) is 11.8 Å². The molecule has 0 radical (unpaired) electrons. The van der Waals surface area contributed by atoms with E-state index in [0.717, 1.165) is 6.07 Å². The Labute approximate surface area is 120 Å². The number of sulfonamides is 1. The van der Waals surface area contributed by atoms with E-state index in [1.165, 1.54) is 31.6 Å². The minimum absolute atomic E-state index is 0.0105. The van der Waals surface area contributed by atoms with Gasteiger partial charge in [-0.25, -0.2) is 13.4 Å². The van der Waals surface area contributed by atoms with Gasteiger partial charge < -0.3 is 5.73 Å². The van der Waals surface area contributed by atoms with Gasteiger partial charge in [0.2, 0.25) is 0 Å². The van der Waals surface area contributed by atoms with E-state index < -0.39 is 20.6 Å². The van der Waals surface area contributed by atoms with Crippen LogP contribution in [-0.4, -0.2) is 23.3 Å². The van der Waals surface area contributed by atoms with E-state index in [9.17, 15) is 18.5 Å². The second-order valence-corrected chi connectivity index (χ2v) is 5.78. The SMILES string of the molecule is Cc1cc(N)c([N+](=O)[O-])cc1S(=O)(=O)Nc1cnccn1. The summed E-state index contributed by atoms with van der Waals surface area (Å²) < 4.78 is 26.7. The van der Waals surface area contributed by atoms with Crippen molar-refractivity contribution in [2.75, 3.05) is 10.5 Å². The van der Waals surface area contributed by atoms with Gasteiger partial charge in [0.05, 0.1) is 16.0 Å². The van der Waals surface area contributed by atoms with E-state index in [1.807, 2.05) is 0 Å². The molecule has 110 valence electrons. The maximum absolute atomic E-state index is 12.3. The van der Waals surface area contributed by atoms with Gasteiger partial charge in [-0.1, -0.05) is 0 Å². The van der Waals surface area contributed by atoms with Crippen LogP contribution in [0.1, 0.15) is 5.56 Å². The first-order valence-electron chi connectivity index (χ1n) is 5.64. The zero-order valence-corrected chi connectivity index (χ0v) is 11.7. The first kappa shape index (κ1) is 14.7. The molecule has 0 aliphatic carbocycles. The number of nitrogens with one attached hydrogen (secondary N) is 1. The Balaban J connectivity index is 2.50. The number of aromatic nitrogens is 2. The highest BCUT2D eigenvalue weighted by Crippen LogP contribution is 2.29. The summed E-state index contributed by atoms with van der Waals surface area (Å²) in [5, 5.41) is 10.9. The number of nitrogens with zero attached hydrogens (tertiary/aromatic N) is 3. The Morgan fingerprint density at radius 3 is 2.62 bits per heavy atom. The lowest BCUT2D eigenvalue weighted by Gasteiger charge is -2.10. The summed E-state index contributed by atoms with van der Waals surface area (Å²) in [5.74, 6) is 0.0105. The molecule has 0 saturated heterocycles. The molecule has 0 aliphatic rings. The Bertz CT molecular complexity index is 792. The number of rotatable bonds is 4. The van der Waals surface area contributed by atoms with Gasteiger partial charge in [0, 0.05) is 18.5 Å². The fourth-order valence-electron chi connectivity index (χ4n) is 1.69. The molecule has 0 saturated carbocycles. The van der Waals surface area contributed by atoms with Gasteiger partial charge in [0.15, 0.2) is 5.82 Å². The van der Waals surface area contributed by atoms with Crippen LogP contribution in [0, 0.1) is 17.0 Å². The molecule has 0 bridgehead atoms. The summed E-state index contributed by atoms with van der Waals surface area (Å²) in [4.78, 5) is 17.4. The minimum atomic E-state index is -4.03. The molecule has 1 aromatic heterocycles. The van der Waals surface area contributed by atoms with Crippen LogP contribution in [0.3, 0.4) is 0 Å². The lowest BCUT2D eigenvalue weighted by molar-refractivity contribution is -0.384. The summed E-state index contributed by atoms with van der Waals surface area (Å²) in [6, 6.07) is 2.16. The van der Waals surface area contributed by atoms with E-state index >= 15 is 0 Å². The van der Waals surface area contributed by atoms with E-state index in [0.29, 0.717) is 0 Å². The normalized spacial score (nSPS) is 11.1. The smallest absolute Gasteiger partial charge is 0.293 e. The highest BCUT2D eigenvalue weighted by molar-refractivity contribution is 7.92. The molecule has 3 N–H and O–H groups in total. The standard InChI is InChI=1S/C11H11N5O4S/c1-7-4-8(12)9(16(17)18)5-10(7)21(19,20)15-11-6-13-2-3-14-11/h2-6H,12H2,1H3,(H,14,15). The number of nitro groups is 1.